The van der Waals surface area contributed by atoms with Gasteiger partial charge in [-0.3, -0.25) is 4.79 Å². The van der Waals surface area contributed by atoms with Gasteiger partial charge in [-0.2, -0.15) is 0 Å². The fourth-order valence-corrected chi connectivity index (χ4v) is 3.35. The van der Waals surface area contributed by atoms with Gasteiger partial charge in [0.15, 0.2) is 0 Å². The van der Waals surface area contributed by atoms with Crippen LogP contribution in [0.25, 0.3) is 0 Å². The minimum Gasteiger partial charge on any atom is -0.385 e. The third kappa shape index (κ3) is 4.85. The zero-order chi connectivity index (χ0) is 16.2. The maximum absolute atomic E-state index is 12.3. The van der Waals surface area contributed by atoms with Gasteiger partial charge < -0.3 is 9.64 Å². The number of benzene rings is 1. The average Bonchev–Trinajstić information content (AvgIpc) is 2.39. The molecule has 0 aliphatic rings. The van der Waals surface area contributed by atoms with E-state index in [0.29, 0.717) is 25.1 Å². The number of aryl methyl sites for hydroxylation is 1. The van der Waals surface area contributed by atoms with E-state index in [9.17, 15) is 13.2 Å². The maximum atomic E-state index is 12.3. The largest absolute Gasteiger partial charge is 0.385 e. The van der Waals surface area contributed by atoms with Crippen LogP contribution < -0.4 is 0 Å². The SMILES string of the molecule is COCCCN(C)C(=O)c1cc(C)c(Cl)c(S(=O)(=O)Cl)c1. The third-order valence-electron chi connectivity index (χ3n) is 2.92. The van der Waals surface area contributed by atoms with Gasteiger partial charge in [0.05, 0.1) is 5.02 Å². The molecule has 8 heteroatoms. The number of carbonyl (C=O) groups is 1. The van der Waals surface area contributed by atoms with Gasteiger partial charge in [0, 0.05) is 43.6 Å². The average molecular weight is 354 g/mol. The molecule has 0 N–H and O–H groups in total. The molecule has 0 spiro atoms. The molecule has 1 rings (SSSR count). The molecule has 0 radical (unpaired) electrons. The van der Waals surface area contributed by atoms with Crippen molar-refractivity contribution in [2.75, 3.05) is 27.3 Å². The molecule has 0 saturated carbocycles. The number of ether oxygens (including phenoxy) is 1. The molecule has 1 aromatic carbocycles. The van der Waals surface area contributed by atoms with E-state index in [1.54, 1.807) is 27.1 Å². The van der Waals surface area contributed by atoms with Crippen molar-refractivity contribution < 1.29 is 17.9 Å². The summed E-state index contributed by atoms with van der Waals surface area (Å²) >= 11 is 5.93. The van der Waals surface area contributed by atoms with Crippen LogP contribution in [0, 0.1) is 6.92 Å². The number of methoxy groups -OCH3 is 1. The van der Waals surface area contributed by atoms with Crippen LogP contribution in [0.4, 0.5) is 0 Å². The lowest BCUT2D eigenvalue weighted by atomic mass is 10.1. The van der Waals surface area contributed by atoms with Crippen LogP contribution in [0.1, 0.15) is 22.3 Å². The maximum Gasteiger partial charge on any atom is 0.262 e. The molecule has 118 valence electrons. The second-order valence-electron chi connectivity index (χ2n) is 4.62. The van der Waals surface area contributed by atoms with E-state index in [-0.39, 0.29) is 21.4 Å². The number of amides is 1. The van der Waals surface area contributed by atoms with Crippen molar-refractivity contribution in [3.05, 3.63) is 28.3 Å². The molecule has 0 aliphatic heterocycles. The second kappa shape index (κ2) is 7.45. The number of hydrogen-bond acceptors (Lipinski definition) is 4. The summed E-state index contributed by atoms with van der Waals surface area (Å²) in [6.45, 7) is 2.66. The molecule has 0 unspecified atom stereocenters. The summed E-state index contributed by atoms with van der Waals surface area (Å²) < 4.78 is 27.9. The molecule has 21 heavy (non-hydrogen) atoms. The fraction of sp³-hybridized carbons (Fsp3) is 0.462. The molecule has 0 aromatic heterocycles. The Morgan fingerprint density at radius 3 is 2.52 bits per heavy atom. The molecule has 0 atom stereocenters. The summed E-state index contributed by atoms with van der Waals surface area (Å²) in [6, 6.07) is 2.75. The monoisotopic (exact) mass is 353 g/mol. The van der Waals surface area contributed by atoms with Crippen molar-refractivity contribution in [2.45, 2.75) is 18.2 Å². The van der Waals surface area contributed by atoms with E-state index in [4.69, 9.17) is 27.0 Å². The van der Waals surface area contributed by atoms with Crippen molar-refractivity contribution >= 4 is 37.2 Å². The first-order valence-electron chi connectivity index (χ1n) is 6.17. The van der Waals surface area contributed by atoms with Gasteiger partial charge >= 0.3 is 0 Å². The Morgan fingerprint density at radius 2 is 2.00 bits per heavy atom. The van der Waals surface area contributed by atoms with Gasteiger partial charge in [-0.05, 0) is 31.0 Å². The smallest absolute Gasteiger partial charge is 0.262 e. The summed E-state index contributed by atoms with van der Waals surface area (Å²) in [5, 5.41) is 0.0311. The van der Waals surface area contributed by atoms with E-state index >= 15 is 0 Å². The van der Waals surface area contributed by atoms with E-state index in [1.807, 2.05) is 0 Å². The quantitative estimate of drug-likeness (QED) is 0.582. The van der Waals surface area contributed by atoms with E-state index in [1.165, 1.54) is 11.0 Å². The molecular formula is C13H17Cl2NO4S. The van der Waals surface area contributed by atoms with Crippen molar-refractivity contribution in [2.24, 2.45) is 0 Å². The van der Waals surface area contributed by atoms with Gasteiger partial charge in [0.1, 0.15) is 4.90 Å². The van der Waals surface area contributed by atoms with Crippen molar-refractivity contribution in [1.29, 1.82) is 0 Å². The Hall–Kier alpha value is -0.820. The summed E-state index contributed by atoms with van der Waals surface area (Å²) in [7, 11) is 4.55. The summed E-state index contributed by atoms with van der Waals surface area (Å²) in [5.41, 5.74) is 0.711. The Kier molecular flexibility index (Phi) is 6.46. The van der Waals surface area contributed by atoms with Crippen LogP contribution in [-0.4, -0.2) is 46.5 Å². The minimum atomic E-state index is -4.01. The van der Waals surface area contributed by atoms with Crippen LogP contribution in [0.2, 0.25) is 5.02 Å². The summed E-state index contributed by atoms with van der Waals surface area (Å²) in [4.78, 5) is 13.5. The molecule has 0 bridgehead atoms. The first kappa shape index (κ1) is 18.2. The highest BCUT2D eigenvalue weighted by atomic mass is 35.7. The lowest BCUT2D eigenvalue weighted by molar-refractivity contribution is 0.0779. The summed E-state index contributed by atoms with van der Waals surface area (Å²) in [5.74, 6) is -0.299. The Balaban J connectivity index is 3.09. The predicted molar refractivity (Wildman–Crippen MR) is 82.7 cm³/mol. The van der Waals surface area contributed by atoms with Crippen LogP contribution >= 0.6 is 22.3 Å². The first-order chi connectivity index (χ1) is 9.68. The lowest BCUT2D eigenvalue weighted by Crippen LogP contribution is -2.28. The van der Waals surface area contributed by atoms with E-state index in [2.05, 4.69) is 0 Å². The summed E-state index contributed by atoms with van der Waals surface area (Å²) in [6.07, 6.45) is 0.686. The standard InChI is InChI=1S/C13H17Cl2NO4S/c1-9-7-10(8-11(12(9)14)21(15,18)19)13(17)16(2)5-4-6-20-3/h7-8H,4-6H2,1-3H3. The molecule has 0 heterocycles. The van der Waals surface area contributed by atoms with Gasteiger partial charge in [-0.1, -0.05) is 11.6 Å². The van der Waals surface area contributed by atoms with Gasteiger partial charge in [0.2, 0.25) is 0 Å². The third-order valence-corrected chi connectivity index (χ3v) is 4.88. The highest BCUT2D eigenvalue weighted by Gasteiger charge is 2.21. The van der Waals surface area contributed by atoms with Crippen molar-refractivity contribution in [3.63, 3.8) is 0 Å². The Morgan fingerprint density at radius 1 is 1.38 bits per heavy atom. The predicted octanol–water partition coefficient (Wildman–Crippen LogP) is 2.68. The molecule has 1 aromatic rings. The van der Waals surface area contributed by atoms with Gasteiger partial charge in [0.25, 0.3) is 15.0 Å². The molecule has 0 saturated heterocycles. The van der Waals surface area contributed by atoms with Crippen LogP contribution in [-0.2, 0) is 13.8 Å². The van der Waals surface area contributed by atoms with E-state index < -0.39 is 9.05 Å². The van der Waals surface area contributed by atoms with Crippen molar-refractivity contribution in [1.82, 2.24) is 4.90 Å². The highest BCUT2D eigenvalue weighted by Crippen LogP contribution is 2.29. The van der Waals surface area contributed by atoms with Crippen molar-refractivity contribution in [3.8, 4) is 0 Å². The van der Waals surface area contributed by atoms with Crippen LogP contribution in [0.5, 0.6) is 0 Å². The zero-order valence-corrected chi connectivity index (χ0v) is 14.3. The van der Waals surface area contributed by atoms with Gasteiger partial charge in [-0.15, -0.1) is 0 Å². The topological polar surface area (TPSA) is 63.7 Å². The van der Waals surface area contributed by atoms with Gasteiger partial charge in [-0.25, -0.2) is 8.42 Å². The Labute approximate surface area is 134 Å². The van der Waals surface area contributed by atoms with Crippen LogP contribution in [0.15, 0.2) is 17.0 Å². The number of halogens is 2. The Bertz CT molecular complexity index is 631. The number of rotatable bonds is 6. The second-order valence-corrected chi connectivity index (χ2v) is 7.53. The number of nitrogens with zero attached hydrogens (tertiary/aromatic N) is 1. The highest BCUT2D eigenvalue weighted by molar-refractivity contribution is 8.13. The zero-order valence-electron chi connectivity index (χ0n) is 12.0. The number of hydrogen-bond donors (Lipinski definition) is 0. The fourth-order valence-electron chi connectivity index (χ4n) is 1.81. The molecule has 1 amide bonds. The minimum absolute atomic E-state index is 0.0311. The van der Waals surface area contributed by atoms with Crippen LogP contribution in [0.3, 0.4) is 0 Å². The number of carbonyl (C=O) groups excluding carboxylic acids is 1. The molecule has 0 fully saturated rings. The molecule has 0 aliphatic carbocycles. The lowest BCUT2D eigenvalue weighted by Gasteiger charge is -2.18. The normalized spacial score (nSPS) is 11.5. The molecule has 5 nitrogen and oxygen atoms in total. The first-order valence-corrected chi connectivity index (χ1v) is 8.86. The van der Waals surface area contributed by atoms with E-state index in [0.717, 1.165) is 0 Å². The molecular weight excluding hydrogens is 337 g/mol.